The van der Waals surface area contributed by atoms with Crippen LogP contribution in [0.3, 0.4) is 0 Å². The van der Waals surface area contributed by atoms with Crippen LogP contribution in [0.2, 0.25) is 5.02 Å². The standard InChI is InChI=1S/C28H24ClNO6/c1-17-23(16-26(32)36-28(35-18(2)31)20-7-5-4-6-8-20)24-15-22(34-3)13-14-25(24)30(17)27(33)19-9-11-21(29)12-10-19/h4-15,28H,16H2,1-3H3. The van der Waals surface area contributed by atoms with E-state index in [-0.39, 0.29) is 12.3 Å². The normalized spacial score (nSPS) is 11.7. The molecule has 0 bridgehead atoms. The molecule has 0 N–H and O–H groups in total. The second-order valence-corrected chi connectivity index (χ2v) is 8.55. The highest BCUT2D eigenvalue weighted by Crippen LogP contribution is 2.31. The molecule has 0 spiro atoms. The summed E-state index contributed by atoms with van der Waals surface area (Å²) in [6, 6.07) is 20.6. The zero-order valence-electron chi connectivity index (χ0n) is 20.0. The van der Waals surface area contributed by atoms with Gasteiger partial charge in [0.05, 0.1) is 19.0 Å². The molecule has 0 aliphatic heterocycles. The summed E-state index contributed by atoms with van der Waals surface area (Å²) in [6.07, 6.45) is -1.34. The molecule has 1 atom stereocenters. The lowest BCUT2D eigenvalue weighted by molar-refractivity contribution is -0.187. The minimum atomic E-state index is -1.19. The van der Waals surface area contributed by atoms with E-state index in [0.717, 1.165) is 0 Å². The van der Waals surface area contributed by atoms with Crippen LogP contribution in [0.4, 0.5) is 0 Å². The third kappa shape index (κ3) is 5.26. The van der Waals surface area contributed by atoms with Crippen LogP contribution < -0.4 is 4.74 Å². The number of methoxy groups -OCH3 is 1. The van der Waals surface area contributed by atoms with Crippen LogP contribution in [0.1, 0.15) is 40.4 Å². The summed E-state index contributed by atoms with van der Waals surface area (Å²) >= 11 is 5.99. The highest BCUT2D eigenvalue weighted by Gasteiger charge is 2.25. The van der Waals surface area contributed by atoms with Gasteiger partial charge in [0.15, 0.2) is 0 Å². The van der Waals surface area contributed by atoms with Crippen molar-refractivity contribution >= 4 is 40.3 Å². The van der Waals surface area contributed by atoms with Gasteiger partial charge in [0, 0.05) is 34.2 Å². The number of esters is 2. The molecule has 0 radical (unpaired) electrons. The molecule has 0 fully saturated rings. The Hall–Kier alpha value is -4.10. The van der Waals surface area contributed by atoms with E-state index in [9.17, 15) is 14.4 Å². The maximum Gasteiger partial charge on any atom is 0.313 e. The van der Waals surface area contributed by atoms with E-state index >= 15 is 0 Å². The Labute approximate surface area is 213 Å². The van der Waals surface area contributed by atoms with Gasteiger partial charge >= 0.3 is 11.9 Å². The molecule has 4 rings (SSSR count). The average Bonchev–Trinajstić information content (AvgIpc) is 3.14. The van der Waals surface area contributed by atoms with E-state index < -0.39 is 18.2 Å². The molecule has 0 saturated carbocycles. The lowest BCUT2D eigenvalue weighted by Gasteiger charge is -2.18. The van der Waals surface area contributed by atoms with Gasteiger partial charge in [0.25, 0.3) is 12.2 Å². The zero-order valence-corrected chi connectivity index (χ0v) is 20.7. The van der Waals surface area contributed by atoms with Crippen LogP contribution in [0, 0.1) is 6.92 Å². The van der Waals surface area contributed by atoms with Crippen molar-refractivity contribution in [3.05, 3.63) is 100 Å². The summed E-state index contributed by atoms with van der Waals surface area (Å²) in [6.45, 7) is 3.01. The van der Waals surface area contributed by atoms with Gasteiger partial charge in [-0.25, -0.2) is 0 Å². The summed E-state index contributed by atoms with van der Waals surface area (Å²) in [7, 11) is 1.54. The lowest BCUT2D eigenvalue weighted by atomic mass is 10.1. The minimum Gasteiger partial charge on any atom is -0.497 e. The first kappa shape index (κ1) is 25.0. The Kier molecular flexibility index (Phi) is 7.41. The summed E-state index contributed by atoms with van der Waals surface area (Å²) in [5.41, 5.74) is 2.78. The van der Waals surface area contributed by atoms with Crippen LogP contribution in [0.25, 0.3) is 10.9 Å². The van der Waals surface area contributed by atoms with E-state index in [0.29, 0.717) is 44.1 Å². The van der Waals surface area contributed by atoms with Crippen molar-refractivity contribution in [3.63, 3.8) is 0 Å². The molecule has 7 nitrogen and oxygen atoms in total. The third-order valence-electron chi connectivity index (χ3n) is 5.74. The number of nitrogens with zero attached hydrogens (tertiary/aromatic N) is 1. The van der Waals surface area contributed by atoms with Crippen molar-refractivity contribution in [2.24, 2.45) is 0 Å². The Morgan fingerprint density at radius 2 is 1.64 bits per heavy atom. The Morgan fingerprint density at radius 3 is 2.28 bits per heavy atom. The molecular formula is C28H24ClNO6. The number of halogens is 1. The van der Waals surface area contributed by atoms with Crippen molar-refractivity contribution in [2.75, 3.05) is 7.11 Å². The third-order valence-corrected chi connectivity index (χ3v) is 5.99. The molecule has 1 unspecified atom stereocenters. The van der Waals surface area contributed by atoms with Gasteiger partial charge in [-0.1, -0.05) is 41.9 Å². The molecule has 8 heteroatoms. The largest absolute Gasteiger partial charge is 0.497 e. The number of hydrogen-bond acceptors (Lipinski definition) is 6. The molecule has 0 saturated heterocycles. The molecular weight excluding hydrogens is 482 g/mol. The average molecular weight is 506 g/mol. The maximum atomic E-state index is 13.4. The second-order valence-electron chi connectivity index (χ2n) is 8.11. The zero-order chi connectivity index (χ0) is 25.8. The number of carbonyl (C=O) groups excluding carboxylic acids is 3. The van der Waals surface area contributed by atoms with E-state index in [2.05, 4.69) is 0 Å². The quantitative estimate of drug-likeness (QED) is 0.238. The molecule has 4 aromatic rings. The summed E-state index contributed by atoms with van der Waals surface area (Å²) in [5, 5.41) is 1.20. The predicted octanol–water partition coefficient (Wildman–Crippen LogP) is 5.65. The first-order valence-electron chi connectivity index (χ1n) is 11.2. The van der Waals surface area contributed by atoms with E-state index in [4.69, 9.17) is 25.8 Å². The predicted molar refractivity (Wildman–Crippen MR) is 135 cm³/mol. The number of hydrogen-bond donors (Lipinski definition) is 0. The van der Waals surface area contributed by atoms with Crippen molar-refractivity contribution in [3.8, 4) is 5.75 Å². The van der Waals surface area contributed by atoms with Crippen molar-refractivity contribution < 1.29 is 28.6 Å². The molecule has 36 heavy (non-hydrogen) atoms. The Bertz CT molecular complexity index is 1430. The molecule has 0 amide bonds. The van der Waals surface area contributed by atoms with Gasteiger partial charge < -0.3 is 14.2 Å². The maximum absolute atomic E-state index is 13.4. The summed E-state index contributed by atoms with van der Waals surface area (Å²) < 4.78 is 17.7. The van der Waals surface area contributed by atoms with Crippen LogP contribution in [0.15, 0.2) is 72.8 Å². The first-order chi connectivity index (χ1) is 17.3. The Balaban J connectivity index is 1.71. The molecule has 0 aliphatic rings. The van der Waals surface area contributed by atoms with E-state index in [1.165, 1.54) is 6.92 Å². The number of fused-ring (bicyclic) bond motifs is 1. The monoisotopic (exact) mass is 505 g/mol. The van der Waals surface area contributed by atoms with Gasteiger partial charge in [-0.15, -0.1) is 0 Å². The number of rotatable bonds is 7. The van der Waals surface area contributed by atoms with Gasteiger partial charge in [-0.2, -0.15) is 0 Å². The molecule has 1 heterocycles. The lowest BCUT2D eigenvalue weighted by Crippen LogP contribution is -2.18. The molecule has 184 valence electrons. The fourth-order valence-corrected chi connectivity index (χ4v) is 4.15. The van der Waals surface area contributed by atoms with E-state index in [1.807, 2.05) is 0 Å². The fourth-order valence-electron chi connectivity index (χ4n) is 4.02. The summed E-state index contributed by atoms with van der Waals surface area (Å²) in [4.78, 5) is 38.1. The second kappa shape index (κ2) is 10.7. The smallest absolute Gasteiger partial charge is 0.313 e. The van der Waals surface area contributed by atoms with Gasteiger partial charge in [-0.3, -0.25) is 19.0 Å². The van der Waals surface area contributed by atoms with Gasteiger partial charge in [0.1, 0.15) is 5.75 Å². The SMILES string of the molecule is COc1ccc2c(c1)c(CC(=O)OC(OC(C)=O)c1ccccc1)c(C)n2C(=O)c1ccc(Cl)cc1. The van der Waals surface area contributed by atoms with Crippen molar-refractivity contribution in [1.82, 2.24) is 4.57 Å². The number of carbonyl (C=O) groups is 3. The highest BCUT2D eigenvalue weighted by atomic mass is 35.5. The highest BCUT2D eigenvalue weighted by molar-refractivity contribution is 6.30. The number of benzene rings is 3. The Morgan fingerprint density at radius 1 is 0.944 bits per heavy atom. The molecule has 3 aromatic carbocycles. The topological polar surface area (TPSA) is 83.8 Å². The van der Waals surface area contributed by atoms with Crippen LogP contribution in [-0.4, -0.2) is 29.5 Å². The molecule has 1 aromatic heterocycles. The number of aromatic nitrogens is 1. The van der Waals surface area contributed by atoms with Crippen molar-refractivity contribution in [1.29, 1.82) is 0 Å². The van der Waals surface area contributed by atoms with Gasteiger partial charge in [-0.05, 0) is 55.0 Å². The van der Waals surface area contributed by atoms with Crippen LogP contribution in [0.5, 0.6) is 5.75 Å². The van der Waals surface area contributed by atoms with Crippen LogP contribution in [-0.2, 0) is 25.5 Å². The number of ether oxygens (including phenoxy) is 3. The van der Waals surface area contributed by atoms with E-state index in [1.54, 1.807) is 91.4 Å². The summed E-state index contributed by atoms with van der Waals surface area (Å²) in [5.74, 6) is -0.881. The first-order valence-corrected chi connectivity index (χ1v) is 11.6. The van der Waals surface area contributed by atoms with Crippen LogP contribution >= 0.6 is 11.6 Å². The minimum absolute atomic E-state index is 0.152. The van der Waals surface area contributed by atoms with Gasteiger partial charge in [0.2, 0.25) is 0 Å². The fraction of sp³-hybridized carbons (Fsp3) is 0.179. The van der Waals surface area contributed by atoms with Crippen molar-refractivity contribution in [2.45, 2.75) is 26.6 Å². The molecule has 0 aliphatic carbocycles.